The molecule has 0 aromatic carbocycles. The predicted octanol–water partition coefficient (Wildman–Crippen LogP) is 1.73. The lowest BCUT2D eigenvalue weighted by molar-refractivity contribution is 0.0193. The normalized spacial score (nSPS) is 26.8. The van der Waals surface area contributed by atoms with Crippen molar-refractivity contribution in [1.29, 1.82) is 0 Å². The number of aliphatic hydroxyl groups is 1. The van der Waals surface area contributed by atoms with Crippen molar-refractivity contribution in [3.05, 3.63) is 17.7 Å². The number of aromatic amines is 1. The van der Waals surface area contributed by atoms with Crippen LogP contribution in [0.4, 0.5) is 0 Å². The third kappa shape index (κ3) is 2.59. The number of hydrogen-bond acceptors (Lipinski definition) is 3. The summed E-state index contributed by atoms with van der Waals surface area (Å²) in [6.45, 7) is 3.50. The van der Waals surface area contributed by atoms with Gasteiger partial charge in [0.1, 0.15) is 5.69 Å². The Kier molecular flexibility index (Phi) is 3.54. The summed E-state index contributed by atoms with van der Waals surface area (Å²) in [5.74, 6) is 0.765. The predicted molar refractivity (Wildman–Crippen MR) is 75.3 cm³/mol. The number of aromatic nitrogens is 2. The number of hydrogen-bond donors (Lipinski definition) is 2. The molecule has 2 aliphatic rings. The number of likely N-dealkylation sites (tertiary alicyclic amines) is 1. The summed E-state index contributed by atoms with van der Waals surface area (Å²) >= 11 is 0. The molecule has 5 heteroatoms. The molecule has 1 aliphatic carbocycles. The first kappa shape index (κ1) is 13.6. The Morgan fingerprint density at radius 2 is 2.40 bits per heavy atom. The zero-order valence-electron chi connectivity index (χ0n) is 12.1. The zero-order valence-corrected chi connectivity index (χ0v) is 12.1. The van der Waals surface area contributed by atoms with Crippen molar-refractivity contribution >= 4 is 5.91 Å². The highest BCUT2D eigenvalue weighted by molar-refractivity contribution is 5.93. The van der Waals surface area contributed by atoms with Gasteiger partial charge in [0.25, 0.3) is 5.91 Å². The average molecular weight is 277 g/mol. The van der Waals surface area contributed by atoms with Gasteiger partial charge in [0.2, 0.25) is 0 Å². The highest BCUT2D eigenvalue weighted by Crippen LogP contribution is 2.44. The van der Waals surface area contributed by atoms with Crippen molar-refractivity contribution in [3.63, 3.8) is 0 Å². The van der Waals surface area contributed by atoms with Gasteiger partial charge in [-0.1, -0.05) is 12.8 Å². The summed E-state index contributed by atoms with van der Waals surface area (Å²) in [7, 11) is 0. The Balaban J connectivity index is 1.73. The summed E-state index contributed by atoms with van der Waals surface area (Å²) in [5, 5.41) is 9.84. The van der Waals surface area contributed by atoms with E-state index < -0.39 is 0 Å². The van der Waals surface area contributed by atoms with Gasteiger partial charge in [0.05, 0.1) is 12.9 Å². The smallest absolute Gasteiger partial charge is 0.274 e. The van der Waals surface area contributed by atoms with Crippen LogP contribution in [0.2, 0.25) is 0 Å². The molecular formula is C15H23N3O2. The second kappa shape index (κ2) is 5.20. The van der Waals surface area contributed by atoms with Crippen LogP contribution in [0.1, 0.15) is 48.3 Å². The van der Waals surface area contributed by atoms with Crippen LogP contribution in [-0.2, 0) is 0 Å². The van der Waals surface area contributed by atoms with Crippen molar-refractivity contribution in [1.82, 2.24) is 14.9 Å². The molecule has 1 amide bonds. The molecule has 1 atom stereocenters. The number of nitrogens with zero attached hydrogens (tertiary/aromatic N) is 2. The largest absolute Gasteiger partial charge is 0.396 e. The van der Waals surface area contributed by atoms with E-state index in [0.717, 1.165) is 37.4 Å². The van der Waals surface area contributed by atoms with E-state index >= 15 is 0 Å². The highest BCUT2D eigenvalue weighted by Gasteiger charge is 2.41. The molecule has 1 saturated heterocycles. The van der Waals surface area contributed by atoms with E-state index in [9.17, 15) is 9.90 Å². The first-order valence-electron chi connectivity index (χ1n) is 7.54. The van der Waals surface area contributed by atoms with Crippen molar-refractivity contribution in [2.45, 2.75) is 39.0 Å². The van der Waals surface area contributed by atoms with E-state index in [0.29, 0.717) is 12.2 Å². The first-order valence-corrected chi connectivity index (χ1v) is 7.54. The number of H-pyrrole nitrogens is 1. The molecule has 0 bridgehead atoms. The van der Waals surface area contributed by atoms with Gasteiger partial charge in [-0.15, -0.1) is 0 Å². The van der Waals surface area contributed by atoms with Crippen LogP contribution in [-0.4, -0.2) is 45.6 Å². The minimum Gasteiger partial charge on any atom is -0.396 e. The van der Waals surface area contributed by atoms with Crippen LogP contribution in [0.5, 0.6) is 0 Å². The third-order valence-electron chi connectivity index (χ3n) is 4.74. The summed E-state index contributed by atoms with van der Waals surface area (Å²) in [6.07, 6.45) is 7.21. The first-order chi connectivity index (χ1) is 9.63. The highest BCUT2D eigenvalue weighted by atomic mass is 16.3. The van der Waals surface area contributed by atoms with Crippen molar-refractivity contribution < 1.29 is 9.90 Å². The Labute approximate surface area is 119 Å². The lowest BCUT2D eigenvalue weighted by atomic mass is 9.76. The number of carbonyl (C=O) groups is 1. The quantitative estimate of drug-likeness (QED) is 0.880. The van der Waals surface area contributed by atoms with Gasteiger partial charge in [-0.2, -0.15) is 0 Å². The van der Waals surface area contributed by atoms with Crippen molar-refractivity contribution in [2.24, 2.45) is 11.3 Å². The molecule has 1 saturated carbocycles. The summed E-state index contributed by atoms with van der Waals surface area (Å²) in [4.78, 5) is 21.5. The van der Waals surface area contributed by atoms with Crippen LogP contribution in [0.15, 0.2) is 6.33 Å². The molecule has 110 valence electrons. The van der Waals surface area contributed by atoms with Crippen LogP contribution in [0.3, 0.4) is 0 Å². The van der Waals surface area contributed by atoms with E-state index in [-0.39, 0.29) is 17.9 Å². The van der Waals surface area contributed by atoms with E-state index in [1.165, 1.54) is 12.8 Å². The number of nitrogens with one attached hydrogen (secondary N) is 1. The van der Waals surface area contributed by atoms with E-state index in [1.807, 2.05) is 11.8 Å². The number of aliphatic hydroxyl groups excluding tert-OH is 1. The molecule has 2 fully saturated rings. The molecule has 1 aromatic heterocycles. The average Bonchev–Trinajstić information content (AvgIpc) is 3.16. The number of imidazole rings is 1. The van der Waals surface area contributed by atoms with Gasteiger partial charge in [-0.25, -0.2) is 4.98 Å². The van der Waals surface area contributed by atoms with E-state index in [2.05, 4.69) is 9.97 Å². The molecule has 5 nitrogen and oxygen atoms in total. The Morgan fingerprint density at radius 1 is 1.60 bits per heavy atom. The maximum Gasteiger partial charge on any atom is 0.274 e. The summed E-state index contributed by atoms with van der Waals surface area (Å²) < 4.78 is 0. The molecule has 1 aliphatic heterocycles. The Bertz CT molecular complexity index is 495. The van der Waals surface area contributed by atoms with Gasteiger partial charge >= 0.3 is 0 Å². The molecule has 0 spiro atoms. The molecule has 2 N–H and O–H groups in total. The van der Waals surface area contributed by atoms with Gasteiger partial charge in [0.15, 0.2) is 0 Å². The minimum atomic E-state index is -0.0840. The number of piperidine rings is 1. The van der Waals surface area contributed by atoms with Crippen molar-refractivity contribution in [2.75, 3.05) is 19.7 Å². The molecule has 0 unspecified atom stereocenters. The molecule has 3 rings (SSSR count). The summed E-state index contributed by atoms with van der Waals surface area (Å²) in [5.41, 5.74) is 1.25. The van der Waals surface area contributed by atoms with Crippen LogP contribution in [0.25, 0.3) is 0 Å². The third-order valence-corrected chi connectivity index (χ3v) is 4.74. The second-order valence-electron chi connectivity index (χ2n) is 6.51. The number of aryl methyl sites for hydroxylation is 1. The van der Waals surface area contributed by atoms with Crippen LogP contribution >= 0.6 is 0 Å². The maximum atomic E-state index is 12.5. The number of carbonyl (C=O) groups excluding carboxylic acids is 1. The summed E-state index contributed by atoms with van der Waals surface area (Å²) in [6, 6.07) is 0. The molecule has 20 heavy (non-hydrogen) atoms. The lowest BCUT2D eigenvalue weighted by Gasteiger charge is -2.42. The number of rotatable bonds is 4. The molecule has 1 aromatic rings. The fourth-order valence-electron chi connectivity index (χ4n) is 3.40. The monoisotopic (exact) mass is 277 g/mol. The zero-order chi connectivity index (χ0) is 14.2. The fraction of sp³-hybridized carbons (Fsp3) is 0.733. The molecule has 0 radical (unpaired) electrons. The second-order valence-corrected chi connectivity index (χ2v) is 6.51. The van der Waals surface area contributed by atoms with Crippen LogP contribution in [0, 0.1) is 18.3 Å². The SMILES string of the molecule is Cc1[nH]cnc1C(=O)N1CCC[C@@](CO)(CC2CC2)C1. The fourth-order valence-corrected chi connectivity index (χ4v) is 3.40. The molecular weight excluding hydrogens is 254 g/mol. The maximum absolute atomic E-state index is 12.5. The van der Waals surface area contributed by atoms with Gasteiger partial charge in [-0.3, -0.25) is 4.79 Å². The van der Waals surface area contributed by atoms with E-state index in [1.54, 1.807) is 6.33 Å². The Hall–Kier alpha value is -1.36. The Morgan fingerprint density at radius 3 is 3.00 bits per heavy atom. The van der Waals surface area contributed by atoms with Crippen LogP contribution < -0.4 is 0 Å². The lowest BCUT2D eigenvalue weighted by Crippen LogP contribution is -2.48. The topological polar surface area (TPSA) is 69.2 Å². The van der Waals surface area contributed by atoms with Gasteiger partial charge < -0.3 is 15.0 Å². The number of amides is 1. The van der Waals surface area contributed by atoms with E-state index in [4.69, 9.17) is 0 Å². The standard InChI is InChI=1S/C15H23N3O2/c1-11-13(17-10-16-11)14(20)18-6-2-5-15(8-18,9-19)7-12-3-4-12/h10,12,19H,2-9H2,1H3,(H,16,17)/t15-/m1/s1. The van der Waals surface area contributed by atoms with Gasteiger partial charge in [0, 0.05) is 24.2 Å². The van der Waals surface area contributed by atoms with Crippen molar-refractivity contribution in [3.8, 4) is 0 Å². The van der Waals surface area contributed by atoms with Gasteiger partial charge in [-0.05, 0) is 32.1 Å². The minimum absolute atomic E-state index is 0.00271. The molecule has 2 heterocycles.